The van der Waals surface area contributed by atoms with E-state index in [2.05, 4.69) is 20.4 Å². The van der Waals surface area contributed by atoms with Crippen LogP contribution >= 0.6 is 0 Å². The van der Waals surface area contributed by atoms with Crippen LogP contribution in [0, 0.1) is 35.0 Å². The lowest BCUT2D eigenvalue weighted by atomic mass is 9.60. The summed E-state index contributed by atoms with van der Waals surface area (Å²) in [7, 11) is 0. The Morgan fingerprint density at radius 3 is 2.56 bits per heavy atom. The van der Waals surface area contributed by atoms with Gasteiger partial charge in [0.25, 0.3) is 0 Å². The van der Waals surface area contributed by atoms with Crippen LogP contribution in [0.3, 0.4) is 0 Å². The largest absolute Gasteiger partial charge is 0.395 e. The molecule has 4 bridgehead atoms. The fourth-order valence-corrected chi connectivity index (χ4v) is 5.32. The summed E-state index contributed by atoms with van der Waals surface area (Å²) >= 11 is 0. The zero-order valence-electron chi connectivity index (χ0n) is 11.2. The highest BCUT2D eigenvalue weighted by Gasteiger charge is 2.70. The molecule has 3 N–H and O–H groups in total. The Morgan fingerprint density at radius 2 is 2.00 bits per heavy atom. The van der Waals surface area contributed by atoms with Gasteiger partial charge in [0.15, 0.2) is 0 Å². The molecule has 0 saturated heterocycles. The standard InChI is InChI=1S/C15H24O3/c1-7(2)9-4-5-15(6-16)8(3)10-11(9)12(15)14(18)13(10)17/h7,9-14,16-18H,3-6H2,1-2H3. The fourth-order valence-electron chi connectivity index (χ4n) is 5.32. The molecule has 0 aromatic heterocycles. The second kappa shape index (κ2) is 3.81. The van der Waals surface area contributed by atoms with Gasteiger partial charge in [-0.3, -0.25) is 0 Å². The maximum Gasteiger partial charge on any atom is 0.0870 e. The first-order valence-corrected chi connectivity index (χ1v) is 7.12. The molecule has 0 aromatic rings. The van der Waals surface area contributed by atoms with Crippen molar-refractivity contribution in [1.82, 2.24) is 0 Å². The van der Waals surface area contributed by atoms with E-state index in [9.17, 15) is 15.3 Å². The first-order valence-electron chi connectivity index (χ1n) is 7.12. The minimum Gasteiger partial charge on any atom is -0.395 e. The molecule has 3 aliphatic rings. The molecule has 0 aromatic carbocycles. The molecule has 0 radical (unpaired) electrons. The number of rotatable bonds is 2. The minimum absolute atomic E-state index is 0.00736. The van der Waals surface area contributed by atoms with Crippen molar-refractivity contribution in [1.29, 1.82) is 0 Å². The Morgan fingerprint density at radius 1 is 1.33 bits per heavy atom. The van der Waals surface area contributed by atoms with Crippen molar-refractivity contribution in [2.24, 2.45) is 35.0 Å². The molecule has 3 heteroatoms. The SMILES string of the molecule is C=C1C2C(O)C(O)C3C2C(C(C)C)CCC13CO. The molecule has 0 heterocycles. The van der Waals surface area contributed by atoms with E-state index in [1.165, 1.54) is 0 Å². The van der Waals surface area contributed by atoms with Crippen molar-refractivity contribution in [2.45, 2.75) is 38.9 Å². The molecule has 0 amide bonds. The summed E-state index contributed by atoms with van der Waals surface area (Å²) in [5.74, 6) is 1.40. The summed E-state index contributed by atoms with van der Waals surface area (Å²) < 4.78 is 0. The zero-order chi connectivity index (χ0) is 13.2. The van der Waals surface area contributed by atoms with Crippen LogP contribution in [0.1, 0.15) is 26.7 Å². The maximum atomic E-state index is 10.3. The van der Waals surface area contributed by atoms with Gasteiger partial charge in [-0.2, -0.15) is 0 Å². The molecular weight excluding hydrogens is 228 g/mol. The Kier molecular flexibility index (Phi) is 2.68. The summed E-state index contributed by atoms with van der Waals surface area (Å²) in [6.45, 7) is 8.67. The molecule has 102 valence electrons. The van der Waals surface area contributed by atoms with Gasteiger partial charge in [-0.05, 0) is 30.6 Å². The summed E-state index contributed by atoms with van der Waals surface area (Å²) in [5, 5.41) is 30.4. The average Bonchev–Trinajstić information content (AvgIpc) is 2.68. The molecule has 3 rings (SSSR count). The number of aliphatic hydroxyl groups is 3. The predicted molar refractivity (Wildman–Crippen MR) is 68.7 cm³/mol. The van der Waals surface area contributed by atoms with E-state index in [-0.39, 0.29) is 23.9 Å². The number of hydrogen-bond acceptors (Lipinski definition) is 3. The summed E-state index contributed by atoms with van der Waals surface area (Å²) in [4.78, 5) is 0. The third-order valence-corrected chi connectivity index (χ3v) is 6.15. The lowest BCUT2D eigenvalue weighted by molar-refractivity contribution is -0.0723. The quantitative estimate of drug-likeness (QED) is 0.647. The minimum atomic E-state index is -0.681. The number of hydrogen-bond donors (Lipinski definition) is 3. The highest BCUT2D eigenvalue weighted by molar-refractivity contribution is 5.34. The molecule has 0 aliphatic heterocycles. The van der Waals surface area contributed by atoms with Crippen molar-refractivity contribution in [3.63, 3.8) is 0 Å². The third kappa shape index (κ3) is 1.21. The van der Waals surface area contributed by atoms with Crippen molar-refractivity contribution in [2.75, 3.05) is 6.61 Å². The predicted octanol–water partition coefficient (Wildman–Crippen LogP) is 1.18. The van der Waals surface area contributed by atoms with Crippen LogP contribution in [0.25, 0.3) is 0 Å². The van der Waals surface area contributed by atoms with Crippen LogP contribution in [0.15, 0.2) is 12.2 Å². The molecule has 3 saturated carbocycles. The van der Waals surface area contributed by atoms with Gasteiger partial charge in [-0.1, -0.05) is 26.0 Å². The van der Waals surface area contributed by atoms with E-state index < -0.39 is 12.2 Å². The van der Waals surface area contributed by atoms with Crippen LogP contribution in [0.2, 0.25) is 0 Å². The summed E-state index contributed by atoms with van der Waals surface area (Å²) in [6, 6.07) is 0. The highest BCUT2D eigenvalue weighted by Crippen LogP contribution is 2.69. The Hall–Kier alpha value is -0.380. The smallest absolute Gasteiger partial charge is 0.0870 e. The van der Waals surface area contributed by atoms with Crippen LogP contribution in [0.4, 0.5) is 0 Å². The molecule has 7 atom stereocenters. The van der Waals surface area contributed by atoms with Crippen molar-refractivity contribution in [3.05, 3.63) is 12.2 Å². The molecule has 7 unspecified atom stereocenters. The van der Waals surface area contributed by atoms with Crippen LogP contribution in [0.5, 0.6) is 0 Å². The topological polar surface area (TPSA) is 60.7 Å². The van der Waals surface area contributed by atoms with Gasteiger partial charge in [0.05, 0.1) is 18.8 Å². The van der Waals surface area contributed by atoms with Gasteiger partial charge >= 0.3 is 0 Å². The molecule has 18 heavy (non-hydrogen) atoms. The van der Waals surface area contributed by atoms with E-state index in [1.54, 1.807) is 0 Å². The third-order valence-electron chi connectivity index (χ3n) is 6.15. The first-order chi connectivity index (χ1) is 8.45. The molecule has 3 aliphatic carbocycles. The van der Waals surface area contributed by atoms with Crippen molar-refractivity contribution < 1.29 is 15.3 Å². The molecule has 3 fully saturated rings. The fraction of sp³-hybridized carbons (Fsp3) is 0.867. The van der Waals surface area contributed by atoms with E-state index in [4.69, 9.17) is 0 Å². The first kappa shape index (κ1) is 12.6. The Balaban J connectivity index is 2.07. The zero-order valence-corrected chi connectivity index (χ0v) is 11.2. The van der Waals surface area contributed by atoms with E-state index in [1.807, 2.05) is 0 Å². The lowest BCUT2D eigenvalue weighted by Crippen LogP contribution is -2.48. The van der Waals surface area contributed by atoms with Gasteiger partial charge in [0, 0.05) is 17.3 Å². The van der Waals surface area contributed by atoms with Gasteiger partial charge in [0.1, 0.15) is 0 Å². The summed E-state index contributed by atoms with van der Waals surface area (Å²) in [5.41, 5.74) is 0.681. The van der Waals surface area contributed by atoms with Crippen LogP contribution in [-0.2, 0) is 0 Å². The van der Waals surface area contributed by atoms with Crippen LogP contribution < -0.4 is 0 Å². The summed E-state index contributed by atoms with van der Waals surface area (Å²) in [6.07, 6.45) is 0.631. The van der Waals surface area contributed by atoms with E-state index in [0.717, 1.165) is 18.4 Å². The Bertz CT molecular complexity index is 378. The second-order valence-corrected chi connectivity index (χ2v) is 6.90. The monoisotopic (exact) mass is 252 g/mol. The average molecular weight is 252 g/mol. The Labute approximate surface area is 109 Å². The molecule has 0 spiro atoms. The van der Waals surface area contributed by atoms with Crippen molar-refractivity contribution >= 4 is 0 Å². The van der Waals surface area contributed by atoms with Gasteiger partial charge in [0.2, 0.25) is 0 Å². The van der Waals surface area contributed by atoms with Gasteiger partial charge in [-0.25, -0.2) is 0 Å². The van der Waals surface area contributed by atoms with Crippen molar-refractivity contribution in [3.8, 4) is 0 Å². The van der Waals surface area contributed by atoms with Crippen LogP contribution in [-0.4, -0.2) is 34.1 Å². The van der Waals surface area contributed by atoms with Gasteiger partial charge in [-0.15, -0.1) is 0 Å². The van der Waals surface area contributed by atoms with E-state index >= 15 is 0 Å². The molecular formula is C15H24O3. The normalized spacial score (nSPS) is 54.4. The highest BCUT2D eigenvalue weighted by atomic mass is 16.3. The van der Waals surface area contributed by atoms with Gasteiger partial charge < -0.3 is 15.3 Å². The van der Waals surface area contributed by atoms with E-state index in [0.29, 0.717) is 17.8 Å². The maximum absolute atomic E-state index is 10.3. The lowest BCUT2D eigenvalue weighted by Gasteiger charge is -2.46. The molecule has 3 nitrogen and oxygen atoms in total. The second-order valence-electron chi connectivity index (χ2n) is 6.90. The number of aliphatic hydroxyl groups excluding tert-OH is 3.